The summed E-state index contributed by atoms with van der Waals surface area (Å²) in [6, 6.07) is 14.2. The number of carbonyl (C=O) groups is 1. The van der Waals surface area contributed by atoms with E-state index in [4.69, 9.17) is 19.2 Å². The predicted molar refractivity (Wildman–Crippen MR) is 114 cm³/mol. The maximum Gasteiger partial charge on any atom is 0.338 e. The normalized spacial score (nSPS) is 17.8. The van der Waals surface area contributed by atoms with E-state index in [1.165, 1.54) is 13.4 Å². The maximum atomic E-state index is 12.8. The molecule has 1 aliphatic rings. The fourth-order valence-electron chi connectivity index (χ4n) is 3.98. The lowest BCUT2D eigenvalue weighted by Crippen LogP contribution is -2.13. The van der Waals surface area contributed by atoms with Gasteiger partial charge in [0.15, 0.2) is 21.2 Å². The van der Waals surface area contributed by atoms with Crippen molar-refractivity contribution in [3.8, 4) is 22.7 Å². The average Bonchev–Trinajstić information content (AvgIpc) is 3.51. The average molecular weight is 437 g/mol. The summed E-state index contributed by atoms with van der Waals surface area (Å²) in [4.78, 5) is 17.5. The van der Waals surface area contributed by atoms with Gasteiger partial charge in [-0.2, -0.15) is 5.10 Å². The molecular formula is C22H19N3O5S. The summed E-state index contributed by atoms with van der Waals surface area (Å²) < 4.78 is 36.5. The first-order valence-corrected chi connectivity index (χ1v) is 11.6. The number of benzene rings is 1. The third kappa shape index (κ3) is 3.40. The minimum absolute atomic E-state index is 0.0156. The van der Waals surface area contributed by atoms with Crippen LogP contribution in [0.25, 0.3) is 33.7 Å². The third-order valence-corrected chi connectivity index (χ3v) is 7.19. The Hall–Kier alpha value is -3.46. The van der Waals surface area contributed by atoms with E-state index in [1.54, 1.807) is 22.9 Å². The van der Waals surface area contributed by atoms with E-state index >= 15 is 0 Å². The lowest BCUT2D eigenvalue weighted by Gasteiger charge is -2.10. The van der Waals surface area contributed by atoms with Crippen LogP contribution in [0.2, 0.25) is 0 Å². The summed E-state index contributed by atoms with van der Waals surface area (Å²) in [5.41, 5.74) is 2.52. The van der Waals surface area contributed by atoms with Gasteiger partial charge in [0.05, 0.1) is 41.9 Å². The van der Waals surface area contributed by atoms with Crippen molar-refractivity contribution < 1.29 is 22.4 Å². The number of rotatable bonds is 4. The molecule has 31 heavy (non-hydrogen) atoms. The van der Waals surface area contributed by atoms with E-state index in [0.717, 1.165) is 5.56 Å². The van der Waals surface area contributed by atoms with Gasteiger partial charge >= 0.3 is 5.97 Å². The van der Waals surface area contributed by atoms with Crippen LogP contribution in [0, 0.1) is 0 Å². The number of sulfone groups is 1. The van der Waals surface area contributed by atoms with Crippen LogP contribution in [0.4, 0.5) is 0 Å². The molecule has 0 spiro atoms. The van der Waals surface area contributed by atoms with Gasteiger partial charge in [0.25, 0.3) is 0 Å². The third-order valence-electron chi connectivity index (χ3n) is 5.44. The molecule has 1 atom stereocenters. The molecule has 0 saturated carbocycles. The number of hydrogen-bond acceptors (Lipinski definition) is 7. The fraction of sp³-hybridized carbons (Fsp3) is 0.227. The van der Waals surface area contributed by atoms with Gasteiger partial charge in [-0.05, 0) is 24.6 Å². The first kappa shape index (κ1) is 19.5. The summed E-state index contributed by atoms with van der Waals surface area (Å²) in [5, 5.41) is 5.28. The van der Waals surface area contributed by atoms with Crippen LogP contribution in [0.3, 0.4) is 0 Å². The first-order valence-electron chi connectivity index (χ1n) is 9.78. The quantitative estimate of drug-likeness (QED) is 0.450. The van der Waals surface area contributed by atoms with Crippen LogP contribution in [0.5, 0.6) is 0 Å². The van der Waals surface area contributed by atoms with Crippen molar-refractivity contribution in [3.05, 3.63) is 60.4 Å². The Balaban J connectivity index is 1.84. The van der Waals surface area contributed by atoms with Crippen molar-refractivity contribution in [3.63, 3.8) is 0 Å². The van der Waals surface area contributed by atoms with Gasteiger partial charge in [0.1, 0.15) is 11.4 Å². The number of esters is 1. The summed E-state index contributed by atoms with van der Waals surface area (Å²) in [7, 11) is -1.83. The highest BCUT2D eigenvalue weighted by Crippen LogP contribution is 2.36. The molecule has 0 bridgehead atoms. The number of ether oxygens (including phenoxy) is 1. The van der Waals surface area contributed by atoms with E-state index in [-0.39, 0.29) is 17.5 Å². The zero-order valence-corrected chi connectivity index (χ0v) is 17.5. The molecule has 0 unspecified atom stereocenters. The van der Waals surface area contributed by atoms with E-state index in [2.05, 4.69) is 0 Å². The van der Waals surface area contributed by atoms with Gasteiger partial charge in [0, 0.05) is 5.56 Å². The highest BCUT2D eigenvalue weighted by molar-refractivity contribution is 7.91. The molecule has 4 aromatic rings. The fourth-order valence-corrected chi connectivity index (χ4v) is 5.67. The van der Waals surface area contributed by atoms with Gasteiger partial charge in [-0.25, -0.2) is 22.9 Å². The Morgan fingerprint density at radius 1 is 1.19 bits per heavy atom. The van der Waals surface area contributed by atoms with Crippen LogP contribution < -0.4 is 0 Å². The van der Waals surface area contributed by atoms with Crippen LogP contribution in [-0.4, -0.2) is 47.8 Å². The Morgan fingerprint density at radius 2 is 2.00 bits per heavy atom. The second-order valence-corrected chi connectivity index (χ2v) is 9.67. The minimum atomic E-state index is -3.15. The Morgan fingerprint density at radius 3 is 2.65 bits per heavy atom. The summed E-state index contributed by atoms with van der Waals surface area (Å²) in [6.45, 7) is 0. The van der Waals surface area contributed by atoms with E-state index < -0.39 is 15.8 Å². The standard InChI is InChI=1S/C22H19N3O5S/c1-29-22(26)16-12-17(18-8-5-10-30-18)23-21-19(16)20(14-6-3-2-4-7-14)24-25(21)15-9-11-31(27,28)13-15/h2-8,10,12,15H,9,11,13H2,1H3/t15-/m0/s1. The molecule has 0 N–H and O–H groups in total. The van der Waals surface area contributed by atoms with Gasteiger partial charge in [-0.15, -0.1) is 0 Å². The number of hydrogen-bond donors (Lipinski definition) is 0. The summed E-state index contributed by atoms with van der Waals surface area (Å²) in [6.07, 6.45) is 1.96. The molecular weight excluding hydrogens is 418 g/mol. The van der Waals surface area contributed by atoms with Crippen LogP contribution in [0.15, 0.2) is 59.2 Å². The van der Waals surface area contributed by atoms with Crippen LogP contribution in [-0.2, 0) is 14.6 Å². The second-order valence-electron chi connectivity index (χ2n) is 7.44. The molecule has 0 amide bonds. The Kier molecular flexibility index (Phi) is 4.62. The zero-order valence-electron chi connectivity index (χ0n) is 16.7. The molecule has 8 nitrogen and oxygen atoms in total. The minimum Gasteiger partial charge on any atom is -0.465 e. The van der Waals surface area contributed by atoms with Crippen molar-refractivity contribution in [1.29, 1.82) is 0 Å². The molecule has 0 radical (unpaired) electrons. The lowest BCUT2D eigenvalue weighted by molar-refractivity contribution is 0.0603. The van der Waals surface area contributed by atoms with Crippen LogP contribution in [0.1, 0.15) is 22.8 Å². The summed E-state index contributed by atoms with van der Waals surface area (Å²) in [5.74, 6) is 0.0377. The van der Waals surface area contributed by atoms with Gasteiger partial charge in [0.2, 0.25) is 0 Å². The number of aromatic nitrogens is 3. The number of nitrogens with zero attached hydrogens (tertiary/aromatic N) is 3. The largest absolute Gasteiger partial charge is 0.465 e. The number of furan rings is 1. The molecule has 5 rings (SSSR count). The molecule has 4 heterocycles. The van der Waals surface area contributed by atoms with Crippen molar-refractivity contribution in [2.45, 2.75) is 12.5 Å². The molecule has 1 aliphatic heterocycles. The monoisotopic (exact) mass is 437 g/mol. The maximum absolute atomic E-state index is 12.8. The SMILES string of the molecule is COC(=O)c1cc(-c2ccco2)nc2c1c(-c1ccccc1)nn2[C@H]1CCS(=O)(=O)C1. The van der Waals surface area contributed by atoms with Crippen molar-refractivity contribution in [2.75, 3.05) is 18.6 Å². The molecule has 1 saturated heterocycles. The van der Waals surface area contributed by atoms with Gasteiger partial charge in [-0.3, -0.25) is 0 Å². The topological polar surface area (TPSA) is 104 Å². The van der Waals surface area contributed by atoms with Gasteiger partial charge in [-0.1, -0.05) is 30.3 Å². The van der Waals surface area contributed by atoms with Crippen molar-refractivity contribution >= 4 is 26.8 Å². The molecule has 3 aromatic heterocycles. The zero-order chi connectivity index (χ0) is 21.6. The predicted octanol–water partition coefficient (Wildman–Crippen LogP) is 3.50. The number of methoxy groups -OCH3 is 1. The molecule has 158 valence electrons. The van der Waals surface area contributed by atoms with E-state index in [1.807, 2.05) is 30.3 Å². The van der Waals surface area contributed by atoms with Gasteiger partial charge < -0.3 is 9.15 Å². The number of fused-ring (bicyclic) bond motifs is 1. The number of carbonyl (C=O) groups excluding carboxylic acids is 1. The smallest absolute Gasteiger partial charge is 0.338 e. The van der Waals surface area contributed by atoms with E-state index in [0.29, 0.717) is 40.2 Å². The van der Waals surface area contributed by atoms with Crippen LogP contribution >= 0.6 is 0 Å². The molecule has 0 aliphatic carbocycles. The Labute approximate surface area is 178 Å². The highest BCUT2D eigenvalue weighted by Gasteiger charge is 2.33. The van der Waals surface area contributed by atoms with Crippen molar-refractivity contribution in [2.24, 2.45) is 0 Å². The number of pyridine rings is 1. The van der Waals surface area contributed by atoms with Crippen molar-refractivity contribution in [1.82, 2.24) is 14.8 Å². The highest BCUT2D eigenvalue weighted by atomic mass is 32.2. The first-order chi connectivity index (χ1) is 15.0. The molecule has 9 heteroatoms. The molecule has 1 fully saturated rings. The second kappa shape index (κ2) is 7.35. The Bertz CT molecular complexity index is 1380. The summed E-state index contributed by atoms with van der Waals surface area (Å²) >= 11 is 0. The molecule has 1 aromatic carbocycles. The van der Waals surface area contributed by atoms with E-state index in [9.17, 15) is 13.2 Å². The lowest BCUT2D eigenvalue weighted by atomic mass is 10.0.